The van der Waals surface area contributed by atoms with Crippen LogP contribution < -0.4 is 11.1 Å². The largest absolute Gasteiger partial charge is 0.364 e. The van der Waals surface area contributed by atoms with Crippen molar-refractivity contribution in [3.63, 3.8) is 0 Å². The third kappa shape index (κ3) is 4.05. The minimum atomic E-state index is -0.273. The zero-order chi connectivity index (χ0) is 12.1. The monoisotopic (exact) mass is 276 g/mol. The van der Waals surface area contributed by atoms with Gasteiger partial charge in [0.2, 0.25) is 5.91 Å². The summed E-state index contributed by atoms with van der Waals surface area (Å²) in [7, 11) is 0. The lowest BCUT2D eigenvalue weighted by Crippen LogP contribution is -2.40. The Morgan fingerprint density at radius 3 is 2.94 bits per heavy atom. The first-order chi connectivity index (χ1) is 8.29. The minimum Gasteiger partial charge on any atom is -0.364 e. The van der Waals surface area contributed by atoms with E-state index in [0.29, 0.717) is 11.8 Å². The van der Waals surface area contributed by atoms with Gasteiger partial charge >= 0.3 is 0 Å². The quantitative estimate of drug-likeness (QED) is 0.781. The van der Waals surface area contributed by atoms with Crippen molar-refractivity contribution in [1.29, 1.82) is 0 Å². The zero-order valence-electron chi connectivity index (χ0n) is 9.89. The van der Waals surface area contributed by atoms with Gasteiger partial charge in [-0.25, -0.2) is 0 Å². The molecule has 2 saturated heterocycles. The molecule has 2 rings (SSSR count). The Labute approximate surface area is 111 Å². The molecule has 3 N–H and O–H groups in total. The Bertz CT molecular complexity index is 260. The number of nitrogens with one attached hydrogen (secondary N) is 1. The van der Waals surface area contributed by atoms with Crippen LogP contribution >= 0.6 is 23.5 Å². The predicted molar refractivity (Wildman–Crippen MR) is 73.5 cm³/mol. The summed E-state index contributed by atoms with van der Waals surface area (Å²) < 4.78 is 5.56. The van der Waals surface area contributed by atoms with Gasteiger partial charge in [-0.15, -0.1) is 0 Å². The van der Waals surface area contributed by atoms with Crippen LogP contribution in [0, 0.1) is 0 Å². The number of carbonyl (C=O) groups is 1. The number of nitrogens with two attached hydrogens (primary N) is 1. The summed E-state index contributed by atoms with van der Waals surface area (Å²) >= 11 is 3.93. The molecule has 2 heterocycles. The predicted octanol–water partition coefficient (Wildman–Crippen LogP) is 0.457. The third-order valence-electron chi connectivity index (χ3n) is 3.05. The number of thioether (sulfide) groups is 2. The average Bonchev–Trinajstić information content (AvgIpc) is 2.86. The van der Waals surface area contributed by atoms with E-state index in [2.05, 4.69) is 5.32 Å². The molecule has 0 aromatic heterocycles. The number of carbonyl (C=O) groups excluding carboxylic acids is 1. The van der Waals surface area contributed by atoms with Crippen molar-refractivity contribution < 1.29 is 9.53 Å². The van der Waals surface area contributed by atoms with Crippen LogP contribution in [-0.2, 0) is 9.53 Å². The third-order valence-corrected chi connectivity index (χ3v) is 5.90. The summed E-state index contributed by atoms with van der Waals surface area (Å²) in [6, 6.07) is 0. The maximum Gasteiger partial charge on any atom is 0.249 e. The second-order valence-electron chi connectivity index (χ2n) is 4.37. The topological polar surface area (TPSA) is 64.4 Å². The molecule has 2 fully saturated rings. The van der Waals surface area contributed by atoms with Gasteiger partial charge in [-0.3, -0.25) is 4.79 Å². The van der Waals surface area contributed by atoms with E-state index in [1.807, 2.05) is 23.5 Å². The van der Waals surface area contributed by atoms with E-state index in [1.165, 1.54) is 11.5 Å². The number of hydrogen-bond acceptors (Lipinski definition) is 5. The number of hydrogen-bond donors (Lipinski definition) is 2. The Hall–Kier alpha value is 0.0900. The van der Waals surface area contributed by atoms with Crippen LogP contribution in [0.1, 0.15) is 12.8 Å². The molecule has 4 nitrogen and oxygen atoms in total. The van der Waals surface area contributed by atoms with E-state index < -0.39 is 0 Å². The number of rotatable bonds is 4. The molecule has 2 aliphatic heterocycles. The van der Waals surface area contributed by atoms with Gasteiger partial charge in [-0.2, -0.15) is 23.5 Å². The van der Waals surface area contributed by atoms with Crippen molar-refractivity contribution >= 4 is 29.4 Å². The maximum absolute atomic E-state index is 11.9. The summed E-state index contributed by atoms with van der Waals surface area (Å²) in [6.45, 7) is 1.28. The molecule has 0 aliphatic carbocycles. The summed E-state index contributed by atoms with van der Waals surface area (Å²) in [5.74, 6) is 3.61. The van der Waals surface area contributed by atoms with Gasteiger partial charge in [-0.1, -0.05) is 0 Å². The van der Waals surface area contributed by atoms with Gasteiger partial charge in [0, 0.05) is 35.6 Å². The zero-order valence-corrected chi connectivity index (χ0v) is 11.5. The molecule has 3 atom stereocenters. The van der Waals surface area contributed by atoms with Gasteiger partial charge < -0.3 is 15.8 Å². The molecule has 0 saturated carbocycles. The molecular formula is C11H20N2O2S2. The van der Waals surface area contributed by atoms with Gasteiger partial charge in [0.15, 0.2) is 0 Å². The summed E-state index contributed by atoms with van der Waals surface area (Å²) in [5, 5.41) is 3.56. The molecule has 3 unspecified atom stereocenters. The van der Waals surface area contributed by atoms with Crippen LogP contribution in [0.3, 0.4) is 0 Å². The van der Waals surface area contributed by atoms with E-state index in [4.69, 9.17) is 10.5 Å². The fraction of sp³-hybridized carbons (Fsp3) is 0.909. The SMILES string of the molecule is NCC1CCC(C(=O)NCC2CSCCS2)O1. The standard InChI is InChI=1S/C11H20N2O2S2/c12-5-8-1-2-10(15-8)11(14)13-6-9-7-16-3-4-17-9/h8-10H,1-7,12H2,(H,13,14). The fourth-order valence-corrected chi connectivity index (χ4v) is 4.67. The first-order valence-corrected chi connectivity index (χ1v) is 8.32. The Kier molecular flexibility index (Phi) is 5.47. The summed E-state index contributed by atoms with van der Waals surface area (Å²) in [6.07, 6.45) is 1.51. The highest BCUT2D eigenvalue weighted by atomic mass is 32.2. The van der Waals surface area contributed by atoms with Crippen molar-refractivity contribution in [3.8, 4) is 0 Å². The molecular weight excluding hydrogens is 256 g/mol. The van der Waals surface area contributed by atoms with Gasteiger partial charge in [-0.05, 0) is 12.8 Å². The van der Waals surface area contributed by atoms with Crippen LogP contribution in [-0.4, -0.2) is 53.7 Å². The molecule has 0 radical (unpaired) electrons. The molecule has 0 bridgehead atoms. The van der Waals surface area contributed by atoms with Crippen molar-refractivity contribution in [3.05, 3.63) is 0 Å². The lowest BCUT2D eigenvalue weighted by Gasteiger charge is -2.22. The van der Waals surface area contributed by atoms with Crippen molar-refractivity contribution in [1.82, 2.24) is 5.32 Å². The summed E-state index contributed by atoms with van der Waals surface area (Å²) in [4.78, 5) is 11.9. The lowest BCUT2D eigenvalue weighted by molar-refractivity contribution is -0.131. The Morgan fingerprint density at radius 2 is 2.29 bits per heavy atom. The first kappa shape index (κ1) is 13.5. The van der Waals surface area contributed by atoms with E-state index in [-0.39, 0.29) is 18.1 Å². The molecule has 98 valence electrons. The fourth-order valence-electron chi connectivity index (χ4n) is 2.05. The molecule has 0 aromatic carbocycles. The summed E-state index contributed by atoms with van der Waals surface area (Å²) in [5.41, 5.74) is 5.52. The minimum absolute atomic E-state index is 0.0390. The van der Waals surface area contributed by atoms with Crippen LogP contribution in [0.15, 0.2) is 0 Å². The van der Waals surface area contributed by atoms with Crippen LogP contribution in [0.25, 0.3) is 0 Å². The van der Waals surface area contributed by atoms with Gasteiger partial charge in [0.05, 0.1) is 6.10 Å². The van der Waals surface area contributed by atoms with Gasteiger partial charge in [0.1, 0.15) is 6.10 Å². The van der Waals surface area contributed by atoms with E-state index in [1.54, 1.807) is 0 Å². The highest BCUT2D eigenvalue weighted by Crippen LogP contribution is 2.23. The smallest absolute Gasteiger partial charge is 0.249 e. The maximum atomic E-state index is 11.9. The second-order valence-corrected chi connectivity index (χ2v) is 6.93. The molecule has 0 spiro atoms. The molecule has 2 aliphatic rings. The van der Waals surface area contributed by atoms with E-state index in [0.717, 1.165) is 25.1 Å². The number of amides is 1. The lowest BCUT2D eigenvalue weighted by atomic mass is 10.2. The normalized spacial score (nSPS) is 33.6. The highest BCUT2D eigenvalue weighted by molar-refractivity contribution is 8.06. The second kappa shape index (κ2) is 6.87. The van der Waals surface area contributed by atoms with Crippen LogP contribution in [0.4, 0.5) is 0 Å². The molecule has 6 heteroatoms. The molecule has 1 amide bonds. The van der Waals surface area contributed by atoms with Crippen molar-refractivity contribution in [2.45, 2.75) is 30.3 Å². The number of ether oxygens (including phenoxy) is 1. The van der Waals surface area contributed by atoms with Gasteiger partial charge in [0.25, 0.3) is 0 Å². The van der Waals surface area contributed by atoms with Crippen LogP contribution in [0.5, 0.6) is 0 Å². The van der Waals surface area contributed by atoms with Crippen LogP contribution in [0.2, 0.25) is 0 Å². The van der Waals surface area contributed by atoms with E-state index >= 15 is 0 Å². The molecule has 17 heavy (non-hydrogen) atoms. The average molecular weight is 276 g/mol. The Morgan fingerprint density at radius 1 is 1.41 bits per heavy atom. The van der Waals surface area contributed by atoms with E-state index in [9.17, 15) is 4.79 Å². The van der Waals surface area contributed by atoms with Crippen molar-refractivity contribution in [2.24, 2.45) is 5.73 Å². The molecule has 0 aromatic rings. The highest BCUT2D eigenvalue weighted by Gasteiger charge is 2.30. The first-order valence-electron chi connectivity index (χ1n) is 6.12. The van der Waals surface area contributed by atoms with Crippen molar-refractivity contribution in [2.75, 3.05) is 30.3 Å². The Balaban J connectivity index is 1.66.